The Morgan fingerprint density at radius 1 is 1.16 bits per heavy atom. The number of nitro groups is 1. The van der Waals surface area contributed by atoms with Gasteiger partial charge in [-0.1, -0.05) is 36.4 Å². The number of carbonyl (C=O) groups excluding carboxylic acids is 1. The molecule has 2 aromatic carbocycles. The number of hydrogen-bond acceptors (Lipinski definition) is 5. The van der Waals surface area contributed by atoms with Crippen LogP contribution in [0.2, 0.25) is 0 Å². The maximum Gasteiger partial charge on any atom is 0.295 e. The number of anilines is 1. The zero-order valence-electron chi connectivity index (χ0n) is 17.4. The van der Waals surface area contributed by atoms with Crippen molar-refractivity contribution >= 4 is 23.4 Å². The molecule has 3 rings (SSSR count). The predicted molar refractivity (Wildman–Crippen MR) is 120 cm³/mol. The lowest BCUT2D eigenvalue weighted by Crippen LogP contribution is -2.23. The van der Waals surface area contributed by atoms with Crippen LogP contribution >= 0.6 is 0 Å². The number of amides is 1. The summed E-state index contributed by atoms with van der Waals surface area (Å²) in [7, 11) is 1.69. The Balaban J connectivity index is 1.88. The summed E-state index contributed by atoms with van der Waals surface area (Å²) in [4.78, 5) is 36.1. The highest BCUT2D eigenvalue weighted by molar-refractivity contribution is 6.07. The van der Waals surface area contributed by atoms with Gasteiger partial charge in [-0.05, 0) is 37.3 Å². The summed E-state index contributed by atoms with van der Waals surface area (Å²) in [6.07, 6.45) is 4.04. The van der Waals surface area contributed by atoms with Crippen molar-refractivity contribution in [2.45, 2.75) is 6.92 Å². The smallest absolute Gasteiger partial charge is 0.295 e. The highest BCUT2D eigenvalue weighted by Gasteiger charge is 2.19. The number of carbonyl (C=O) groups is 1. The maximum absolute atomic E-state index is 12.9. The number of hydrogen-bond donors (Lipinski definition) is 1. The fraction of sp³-hybridized carbons (Fsp3) is 0.0870. The third kappa shape index (κ3) is 4.39. The molecule has 0 aliphatic rings. The number of nitrogens with one attached hydrogen (secondary N) is 1. The van der Waals surface area contributed by atoms with Crippen molar-refractivity contribution in [3.63, 3.8) is 0 Å². The van der Waals surface area contributed by atoms with Gasteiger partial charge in [-0.15, -0.1) is 0 Å². The van der Waals surface area contributed by atoms with Crippen LogP contribution in [0.15, 0.2) is 77.1 Å². The SMILES string of the molecule is Cc1c(NC(=O)/C(C#N)=C/C=C/c2ccccc2[N+](=O)[O-])c(=O)n(-c2ccccc2)n1C. The molecule has 0 unspecified atom stereocenters. The van der Waals surface area contributed by atoms with Crippen molar-refractivity contribution in [3.05, 3.63) is 104 Å². The molecule has 0 spiro atoms. The molecule has 32 heavy (non-hydrogen) atoms. The molecule has 9 heteroatoms. The van der Waals surface area contributed by atoms with Crippen molar-refractivity contribution in [2.24, 2.45) is 7.05 Å². The van der Waals surface area contributed by atoms with Gasteiger partial charge in [0.25, 0.3) is 17.2 Å². The molecule has 0 aliphatic heterocycles. The van der Waals surface area contributed by atoms with Crippen LogP contribution in [0.5, 0.6) is 0 Å². The molecule has 0 radical (unpaired) electrons. The number of nitro benzene ring substituents is 1. The largest absolute Gasteiger partial charge is 0.315 e. The minimum absolute atomic E-state index is 0.0604. The fourth-order valence-electron chi connectivity index (χ4n) is 3.10. The van der Waals surface area contributed by atoms with Crippen molar-refractivity contribution < 1.29 is 9.72 Å². The van der Waals surface area contributed by atoms with Gasteiger partial charge in [-0.25, -0.2) is 4.68 Å². The predicted octanol–water partition coefficient (Wildman–Crippen LogP) is 3.49. The monoisotopic (exact) mass is 429 g/mol. The second-order valence-corrected chi connectivity index (χ2v) is 6.76. The van der Waals surface area contributed by atoms with E-state index >= 15 is 0 Å². The summed E-state index contributed by atoms with van der Waals surface area (Å²) in [5, 5.41) is 23.0. The van der Waals surface area contributed by atoms with E-state index < -0.39 is 16.4 Å². The molecule has 0 saturated heterocycles. The van der Waals surface area contributed by atoms with E-state index in [0.717, 1.165) is 0 Å². The topological polar surface area (TPSA) is 123 Å². The molecule has 0 bridgehead atoms. The summed E-state index contributed by atoms with van der Waals surface area (Å²) < 4.78 is 3.02. The lowest BCUT2D eigenvalue weighted by atomic mass is 10.1. The second-order valence-electron chi connectivity index (χ2n) is 6.76. The Bertz CT molecular complexity index is 1340. The quantitative estimate of drug-likeness (QED) is 0.211. The lowest BCUT2D eigenvalue weighted by Gasteiger charge is -2.07. The van der Waals surface area contributed by atoms with E-state index in [0.29, 0.717) is 16.9 Å². The Morgan fingerprint density at radius 2 is 1.81 bits per heavy atom. The van der Waals surface area contributed by atoms with Crippen molar-refractivity contribution in [1.82, 2.24) is 9.36 Å². The number of allylic oxidation sites excluding steroid dienone is 2. The van der Waals surface area contributed by atoms with E-state index in [9.17, 15) is 25.0 Å². The summed E-state index contributed by atoms with van der Waals surface area (Å²) in [5.74, 6) is -0.759. The van der Waals surface area contributed by atoms with E-state index in [4.69, 9.17) is 0 Å². The fourth-order valence-corrected chi connectivity index (χ4v) is 3.10. The number of benzene rings is 2. The number of rotatable bonds is 6. The van der Waals surface area contributed by atoms with Crippen molar-refractivity contribution in [1.29, 1.82) is 5.26 Å². The zero-order chi connectivity index (χ0) is 23.3. The first-order valence-corrected chi connectivity index (χ1v) is 9.52. The number of aromatic nitrogens is 2. The molecular weight excluding hydrogens is 410 g/mol. The minimum atomic E-state index is -0.759. The van der Waals surface area contributed by atoms with Crippen LogP contribution in [0.1, 0.15) is 11.3 Å². The number of nitrogens with zero attached hydrogens (tertiary/aromatic N) is 4. The minimum Gasteiger partial charge on any atom is -0.315 e. The number of nitriles is 1. The van der Waals surface area contributed by atoms with Crippen molar-refractivity contribution in [3.8, 4) is 11.8 Å². The Kier molecular flexibility index (Phi) is 6.46. The highest BCUT2D eigenvalue weighted by Crippen LogP contribution is 2.19. The maximum atomic E-state index is 12.9. The van der Waals surface area contributed by atoms with Gasteiger partial charge in [-0.3, -0.25) is 24.4 Å². The number of para-hydroxylation sites is 2. The van der Waals surface area contributed by atoms with Crippen LogP contribution < -0.4 is 10.9 Å². The molecule has 0 aliphatic carbocycles. The highest BCUT2D eigenvalue weighted by atomic mass is 16.6. The van der Waals surface area contributed by atoms with E-state index in [1.807, 2.05) is 6.07 Å². The van der Waals surface area contributed by atoms with Gasteiger partial charge in [0.15, 0.2) is 0 Å². The summed E-state index contributed by atoms with van der Waals surface area (Å²) >= 11 is 0. The lowest BCUT2D eigenvalue weighted by molar-refractivity contribution is -0.385. The van der Waals surface area contributed by atoms with Gasteiger partial charge in [0.2, 0.25) is 0 Å². The Labute approximate surface area is 183 Å². The van der Waals surface area contributed by atoms with Gasteiger partial charge < -0.3 is 5.32 Å². The summed E-state index contributed by atoms with van der Waals surface area (Å²) in [6.45, 7) is 1.68. The van der Waals surface area contributed by atoms with Crippen LogP contribution in [0.3, 0.4) is 0 Å². The zero-order valence-corrected chi connectivity index (χ0v) is 17.4. The molecular formula is C23H19N5O4. The first kappa shape index (κ1) is 22.0. The van der Waals surface area contributed by atoms with Crippen LogP contribution in [-0.2, 0) is 11.8 Å². The molecule has 1 amide bonds. The van der Waals surface area contributed by atoms with Crippen LogP contribution in [0.25, 0.3) is 11.8 Å². The Morgan fingerprint density at radius 3 is 2.47 bits per heavy atom. The van der Waals surface area contributed by atoms with Crippen LogP contribution in [0.4, 0.5) is 11.4 Å². The van der Waals surface area contributed by atoms with Gasteiger partial charge >= 0.3 is 0 Å². The molecule has 0 saturated carbocycles. The Hall–Kier alpha value is -4.71. The first-order chi connectivity index (χ1) is 15.3. The average Bonchev–Trinajstić information content (AvgIpc) is 3.00. The molecule has 1 heterocycles. The van der Waals surface area contributed by atoms with Crippen LogP contribution in [-0.4, -0.2) is 20.2 Å². The summed E-state index contributed by atoms with van der Waals surface area (Å²) in [6, 6.07) is 16.8. The molecule has 160 valence electrons. The molecule has 3 aromatic rings. The van der Waals surface area contributed by atoms with E-state index in [1.54, 1.807) is 67.2 Å². The molecule has 1 aromatic heterocycles. The molecule has 0 atom stereocenters. The first-order valence-electron chi connectivity index (χ1n) is 9.52. The van der Waals surface area contributed by atoms with Gasteiger partial charge in [0.1, 0.15) is 17.3 Å². The standard InChI is InChI=1S/C23H19N5O4/c1-16-21(23(30)27(26(16)2)19-12-4-3-5-13-19)25-22(29)18(15-24)11-8-10-17-9-6-7-14-20(17)28(31)32/h3-14H,1-2H3,(H,25,29)/b10-8+,18-11+. The average molecular weight is 429 g/mol. The van der Waals surface area contributed by atoms with E-state index in [-0.39, 0.29) is 16.9 Å². The molecule has 9 nitrogen and oxygen atoms in total. The van der Waals surface area contributed by atoms with E-state index in [2.05, 4.69) is 5.32 Å². The second kappa shape index (κ2) is 9.40. The normalized spacial score (nSPS) is 11.3. The van der Waals surface area contributed by atoms with Gasteiger partial charge in [-0.2, -0.15) is 5.26 Å². The third-order valence-electron chi connectivity index (χ3n) is 4.83. The molecule has 0 fully saturated rings. The van der Waals surface area contributed by atoms with Gasteiger partial charge in [0.05, 0.1) is 21.9 Å². The third-order valence-corrected chi connectivity index (χ3v) is 4.83. The molecule has 1 N–H and O–H groups in total. The van der Waals surface area contributed by atoms with Crippen molar-refractivity contribution in [2.75, 3.05) is 5.32 Å². The van der Waals surface area contributed by atoms with Crippen LogP contribution in [0, 0.1) is 28.4 Å². The van der Waals surface area contributed by atoms with Gasteiger partial charge in [0, 0.05) is 13.1 Å². The summed E-state index contributed by atoms with van der Waals surface area (Å²) in [5.41, 5.74) is 0.751. The van der Waals surface area contributed by atoms with E-state index in [1.165, 1.54) is 29.0 Å².